The van der Waals surface area contributed by atoms with Gasteiger partial charge >= 0.3 is 0 Å². The van der Waals surface area contributed by atoms with E-state index >= 15 is 0 Å². The quantitative estimate of drug-likeness (QED) is 0.847. The molecule has 5 heteroatoms. The van der Waals surface area contributed by atoms with E-state index in [0.29, 0.717) is 13.1 Å². The summed E-state index contributed by atoms with van der Waals surface area (Å²) in [4.78, 5) is 27.0. The van der Waals surface area contributed by atoms with E-state index in [1.807, 2.05) is 18.2 Å². The summed E-state index contributed by atoms with van der Waals surface area (Å²) in [6.07, 6.45) is 1.90. The highest BCUT2D eigenvalue weighted by Gasteiger charge is 2.36. The van der Waals surface area contributed by atoms with Crippen LogP contribution in [0.5, 0.6) is 0 Å². The number of para-hydroxylation sites is 1. The maximum Gasteiger partial charge on any atom is 0.227 e. The molecule has 0 aliphatic carbocycles. The van der Waals surface area contributed by atoms with Gasteiger partial charge in [-0.15, -0.1) is 0 Å². The lowest BCUT2D eigenvalue weighted by Gasteiger charge is -2.23. The number of amides is 2. The Labute approximate surface area is 159 Å². The molecule has 1 fully saturated rings. The molecule has 0 saturated carbocycles. The van der Waals surface area contributed by atoms with Gasteiger partial charge in [0.25, 0.3) is 0 Å². The van der Waals surface area contributed by atoms with Crippen molar-refractivity contribution < 1.29 is 14.0 Å². The van der Waals surface area contributed by atoms with Crippen molar-refractivity contribution in [3.05, 3.63) is 65.0 Å². The van der Waals surface area contributed by atoms with Gasteiger partial charge < -0.3 is 10.2 Å². The van der Waals surface area contributed by atoms with Crippen LogP contribution >= 0.6 is 0 Å². The van der Waals surface area contributed by atoms with Crippen LogP contribution in [0.3, 0.4) is 0 Å². The number of carbonyl (C=O) groups is 2. The van der Waals surface area contributed by atoms with E-state index in [-0.39, 0.29) is 30.0 Å². The SMILES string of the molecule is CCc1cccc(CC)c1N1CC(C(=O)NCc2ccc(F)cc2)CC1=O. The molecule has 1 heterocycles. The monoisotopic (exact) mass is 368 g/mol. The van der Waals surface area contributed by atoms with Crippen LogP contribution in [-0.4, -0.2) is 18.4 Å². The van der Waals surface area contributed by atoms with E-state index in [2.05, 4.69) is 19.2 Å². The topological polar surface area (TPSA) is 49.4 Å². The second kappa shape index (κ2) is 8.33. The number of benzene rings is 2. The summed E-state index contributed by atoms with van der Waals surface area (Å²) >= 11 is 0. The summed E-state index contributed by atoms with van der Waals surface area (Å²) in [5.74, 6) is -0.814. The molecular formula is C22H25FN2O2. The van der Waals surface area contributed by atoms with Crippen LogP contribution in [0, 0.1) is 11.7 Å². The van der Waals surface area contributed by atoms with E-state index < -0.39 is 0 Å². The first-order valence-corrected chi connectivity index (χ1v) is 9.46. The second-order valence-corrected chi connectivity index (χ2v) is 6.88. The predicted octanol–water partition coefficient (Wildman–Crippen LogP) is 3.62. The van der Waals surface area contributed by atoms with Gasteiger partial charge in [0.1, 0.15) is 5.82 Å². The fraction of sp³-hybridized carbons (Fsp3) is 0.364. The zero-order valence-corrected chi connectivity index (χ0v) is 15.8. The van der Waals surface area contributed by atoms with Crippen LogP contribution in [0.15, 0.2) is 42.5 Å². The summed E-state index contributed by atoms with van der Waals surface area (Å²) in [5.41, 5.74) is 4.07. The Morgan fingerprint density at radius 3 is 2.33 bits per heavy atom. The van der Waals surface area contributed by atoms with Crippen molar-refractivity contribution in [1.82, 2.24) is 5.32 Å². The lowest BCUT2D eigenvalue weighted by molar-refractivity contribution is -0.126. The van der Waals surface area contributed by atoms with Crippen molar-refractivity contribution in [1.29, 1.82) is 0 Å². The molecule has 1 saturated heterocycles. The molecule has 1 aliphatic rings. The van der Waals surface area contributed by atoms with Gasteiger partial charge in [-0.1, -0.05) is 44.2 Å². The van der Waals surface area contributed by atoms with Gasteiger partial charge in [-0.25, -0.2) is 4.39 Å². The lowest BCUT2D eigenvalue weighted by atomic mass is 10.0. The fourth-order valence-corrected chi connectivity index (χ4v) is 3.60. The molecule has 0 aromatic heterocycles. The van der Waals surface area contributed by atoms with E-state index in [9.17, 15) is 14.0 Å². The third-order valence-corrected chi connectivity index (χ3v) is 5.11. The molecular weight excluding hydrogens is 343 g/mol. The minimum Gasteiger partial charge on any atom is -0.352 e. The third-order valence-electron chi connectivity index (χ3n) is 5.11. The molecule has 142 valence electrons. The molecule has 2 aromatic carbocycles. The van der Waals surface area contributed by atoms with Crippen molar-refractivity contribution in [2.75, 3.05) is 11.4 Å². The number of hydrogen-bond acceptors (Lipinski definition) is 2. The van der Waals surface area contributed by atoms with Crippen molar-refractivity contribution in [2.24, 2.45) is 5.92 Å². The third kappa shape index (κ3) is 4.18. The van der Waals surface area contributed by atoms with E-state index in [1.165, 1.54) is 12.1 Å². The zero-order valence-electron chi connectivity index (χ0n) is 15.8. The van der Waals surface area contributed by atoms with Gasteiger partial charge in [-0.2, -0.15) is 0 Å². The minimum atomic E-state index is -0.368. The molecule has 1 aliphatic heterocycles. The minimum absolute atomic E-state index is 0.00691. The number of anilines is 1. The van der Waals surface area contributed by atoms with Gasteiger partial charge in [0.05, 0.1) is 5.92 Å². The fourth-order valence-electron chi connectivity index (χ4n) is 3.60. The van der Waals surface area contributed by atoms with Crippen LogP contribution in [0.4, 0.5) is 10.1 Å². The van der Waals surface area contributed by atoms with E-state index in [1.54, 1.807) is 17.0 Å². The van der Waals surface area contributed by atoms with Crippen LogP contribution in [0.25, 0.3) is 0 Å². The maximum atomic E-state index is 13.0. The summed E-state index contributed by atoms with van der Waals surface area (Å²) < 4.78 is 13.0. The summed E-state index contributed by atoms with van der Waals surface area (Å²) in [7, 11) is 0. The maximum absolute atomic E-state index is 13.0. The van der Waals surface area contributed by atoms with Gasteiger partial charge in [0, 0.05) is 25.2 Å². The average Bonchev–Trinajstić information content (AvgIpc) is 3.07. The normalized spacial score (nSPS) is 16.6. The first-order chi connectivity index (χ1) is 13.0. The van der Waals surface area contributed by atoms with Crippen LogP contribution in [-0.2, 0) is 29.0 Å². The lowest BCUT2D eigenvalue weighted by Crippen LogP contribution is -2.33. The Hall–Kier alpha value is -2.69. The van der Waals surface area contributed by atoms with Crippen molar-refractivity contribution in [3.8, 4) is 0 Å². The number of hydrogen-bond donors (Lipinski definition) is 1. The van der Waals surface area contributed by atoms with E-state index in [0.717, 1.165) is 35.2 Å². The highest BCUT2D eigenvalue weighted by atomic mass is 19.1. The summed E-state index contributed by atoms with van der Waals surface area (Å²) in [6.45, 7) is 4.88. The number of halogens is 1. The van der Waals surface area contributed by atoms with Crippen molar-refractivity contribution in [3.63, 3.8) is 0 Å². The molecule has 1 unspecified atom stereocenters. The molecule has 27 heavy (non-hydrogen) atoms. The predicted molar refractivity (Wildman–Crippen MR) is 104 cm³/mol. The van der Waals surface area contributed by atoms with Crippen molar-refractivity contribution in [2.45, 2.75) is 39.7 Å². The Balaban J connectivity index is 1.70. The number of nitrogens with one attached hydrogen (secondary N) is 1. The molecule has 4 nitrogen and oxygen atoms in total. The molecule has 3 rings (SSSR count). The zero-order chi connectivity index (χ0) is 19.4. The number of aryl methyl sites for hydroxylation is 2. The highest BCUT2D eigenvalue weighted by Crippen LogP contribution is 2.32. The summed E-state index contributed by atoms with van der Waals surface area (Å²) in [5, 5.41) is 2.87. The Morgan fingerprint density at radius 1 is 1.11 bits per heavy atom. The van der Waals surface area contributed by atoms with Gasteiger partial charge in [0.2, 0.25) is 11.8 Å². The smallest absolute Gasteiger partial charge is 0.227 e. The number of carbonyl (C=O) groups excluding carboxylic acids is 2. The molecule has 0 bridgehead atoms. The Bertz CT molecular complexity index is 810. The van der Waals surface area contributed by atoms with Crippen LogP contribution < -0.4 is 10.2 Å². The van der Waals surface area contributed by atoms with Gasteiger partial charge in [-0.05, 0) is 41.7 Å². The number of nitrogens with zero attached hydrogens (tertiary/aromatic N) is 1. The molecule has 1 atom stereocenters. The Kier molecular flexibility index (Phi) is 5.89. The largest absolute Gasteiger partial charge is 0.352 e. The van der Waals surface area contributed by atoms with E-state index in [4.69, 9.17) is 0 Å². The van der Waals surface area contributed by atoms with Gasteiger partial charge in [0.15, 0.2) is 0 Å². The average molecular weight is 368 g/mol. The van der Waals surface area contributed by atoms with Crippen LogP contribution in [0.1, 0.15) is 37.0 Å². The molecule has 0 radical (unpaired) electrons. The van der Waals surface area contributed by atoms with Crippen LogP contribution in [0.2, 0.25) is 0 Å². The molecule has 1 N–H and O–H groups in total. The molecule has 2 amide bonds. The number of rotatable bonds is 6. The van der Waals surface area contributed by atoms with Crippen molar-refractivity contribution >= 4 is 17.5 Å². The summed E-state index contributed by atoms with van der Waals surface area (Å²) in [6, 6.07) is 12.1. The highest BCUT2D eigenvalue weighted by molar-refractivity contribution is 6.01. The van der Waals surface area contributed by atoms with Gasteiger partial charge in [-0.3, -0.25) is 9.59 Å². The first-order valence-electron chi connectivity index (χ1n) is 9.46. The first kappa shape index (κ1) is 19.1. The standard InChI is InChI=1S/C22H25FN2O2/c1-3-16-6-5-7-17(4-2)21(16)25-14-18(12-20(25)26)22(27)24-13-15-8-10-19(23)11-9-15/h5-11,18H,3-4,12-14H2,1-2H3,(H,24,27). The molecule has 0 spiro atoms. The second-order valence-electron chi connectivity index (χ2n) is 6.88. The Morgan fingerprint density at radius 2 is 1.74 bits per heavy atom. The molecule has 2 aromatic rings.